The van der Waals surface area contributed by atoms with Gasteiger partial charge in [-0.15, -0.1) is 10.2 Å². The Balaban J connectivity index is 2.18. The largest absolute Gasteiger partial charge is 0.392 e. The summed E-state index contributed by atoms with van der Waals surface area (Å²) in [5.74, 6) is 0.492. The predicted molar refractivity (Wildman–Crippen MR) is 72.4 cm³/mol. The zero-order valence-electron chi connectivity index (χ0n) is 10.6. The third kappa shape index (κ3) is 3.15. The van der Waals surface area contributed by atoms with Crippen molar-refractivity contribution in [2.75, 3.05) is 0 Å². The van der Waals surface area contributed by atoms with E-state index >= 15 is 0 Å². The molecular formula is C11H13ClN4O3S. The molecule has 0 aliphatic carbocycles. The zero-order valence-corrected chi connectivity index (χ0v) is 12.2. The van der Waals surface area contributed by atoms with E-state index in [4.69, 9.17) is 16.7 Å². The average molecular weight is 317 g/mol. The van der Waals surface area contributed by atoms with E-state index in [1.807, 2.05) is 0 Å². The number of hydrogen-bond donors (Lipinski definition) is 2. The van der Waals surface area contributed by atoms with Crippen molar-refractivity contribution in [2.45, 2.75) is 18.0 Å². The van der Waals surface area contributed by atoms with Gasteiger partial charge in [-0.3, -0.25) is 0 Å². The first-order valence-corrected chi connectivity index (χ1v) is 7.52. The van der Waals surface area contributed by atoms with Crippen molar-refractivity contribution < 1.29 is 13.5 Å². The van der Waals surface area contributed by atoms with E-state index in [0.717, 1.165) is 0 Å². The van der Waals surface area contributed by atoms with Gasteiger partial charge in [-0.25, -0.2) is 13.1 Å². The molecule has 7 nitrogen and oxygen atoms in total. The summed E-state index contributed by atoms with van der Waals surface area (Å²) in [4.78, 5) is 0.0295. The molecule has 20 heavy (non-hydrogen) atoms. The van der Waals surface area contributed by atoms with Crippen LogP contribution in [0.25, 0.3) is 0 Å². The van der Waals surface area contributed by atoms with Crippen molar-refractivity contribution >= 4 is 21.6 Å². The molecule has 0 amide bonds. The lowest BCUT2D eigenvalue weighted by atomic mass is 10.2. The molecule has 1 aromatic heterocycles. The summed E-state index contributed by atoms with van der Waals surface area (Å²) in [5, 5.41) is 16.7. The Morgan fingerprint density at radius 3 is 2.75 bits per heavy atom. The number of aliphatic hydroxyl groups excluding tert-OH is 1. The number of nitrogens with one attached hydrogen (secondary N) is 1. The number of rotatable bonds is 5. The molecule has 0 fully saturated rings. The predicted octanol–water partition coefficient (Wildman–Crippen LogP) is 0.439. The van der Waals surface area contributed by atoms with Gasteiger partial charge in [-0.2, -0.15) is 0 Å². The number of halogens is 1. The van der Waals surface area contributed by atoms with Crippen LogP contribution in [-0.2, 0) is 30.2 Å². The molecular weight excluding hydrogens is 304 g/mol. The topological polar surface area (TPSA) is 97.1 Å². The second-order valence-corrected chi connectivity index (χ2v) is 6.27. The lowest BCUT2D eigenvalue weighted by Gasteiger charge is -2.08. The molecule has 0 aliphatic rings. The molecule has 2 rings (SSSR count). The molecule has 2 N–H and O–H groups in total. The van der Waals surface area contributed by atoms with Crippen LogP contribution in [0.15, 0.2) is 29.4 Å². The number of nitrogens with zero attached hydrogens (tertiary/aromatic N) is 3. The van der Waals surface area contributed by atoms with Gasteiger partial charge in [0.15, 0.2) is 0 Å². The van der Waals surface area contributed by atoms with Crippen LogP contribution in [0, 0.1) is 0 Å². The van der Waals surface area contributed by atoms with Gasteiger partial charge in [0.05, 0.1) is 18.0 Å². The smallest absolute Gasteiger partial charge is 0.241 e. The molecule has 2 aromatic rings. The Morgan fingerprint density at radius 1 is 1.45 bits per heavy atom. The third-order valence-electron chi connectivity index (χ3n) is 2.73. The summed E-state index contributed by atoms with van der Waals surface area (Å²) in [5.41, 5.74) is 0.471. The minimum absolute atomic E-state index is 0.0260. The SMILES string of the molecule is Cn1cnnc1CNS(=O)(=O)c1ccc(CO)c(Cl)c1. The Bertz CT molecular complexity index is 714. The van der Waals surface area contributed by atoms with Gasteiger partial charge in [0.2, 0.25) is 10.0 Å². The summed E-state index contributed by atoms with van der Waals surface area (Å²) < 4.78 is 28.2. The van der Waals surface area contributed by atoms with E-state index < -0.39 is 10.0 Å². The zero-order chi connectivity index (χ0) is 14.8. The minimum Gasteiger partial charge on any atom is -0.392 e. The second kappa shape index (κ2) is 5.88. The van der Waals surface area contributed by atoms with Gasteiger partial charge in [0.25, 0.3) is 0 Å². The number of sulfonamides is 1. The van der Waals surface area contributed by atoms with Gasteiger partial charge < -0.3 is 9.67 Å². The van der Waals surface area contributed by atoms with Crippen molar-refractivity contribution in [1.29, 1.82) is 0 Å². The van der Waals surface area contributed by atoms with E-state index in [0.29, 0.717) is 11.4 Å². The maximum atomic E-state index is 12.1. The highest BCUT2D eigenvalue weighted by Crippen LogP contribution is 2.20. The van der Waals surface area contributed by atoms with Crippen LogP contribution in [-0.4, -0.2) is 28.3 Å². The maximum absolute atomic E-state index is 12.1. The van der Waals surface area contributed by atoms with Crippen LogP contribution < -0.4 is 4.72 Å². The quantitative estimate of drug-likeness (QED) is 0.834. The Hall–Kier alpha value is -1.48. The first-order chi connectivity index (χ1) is 9.44. The van der Waals surface area contributed by atoms with Gasteiger partial charge >= 0.3 is 0 Å². The van der Waals surface area contributed by atoms with Crippen LogP contribution in [0.5, 0.6) is 0 Å². The van der Waals surface area contributed by atoms with Crippen molar-refractivity contribution in [3.8, 4) is 0 Å². The standard InChI is InChI=1S/C11H13ClN4O3S/c1-16-7-13-15-11(16)5-14-20(18,19)9-3-2-8(6-17)10(12)4-9/h2-4,7,14,17H,5-6H2,1H3. The molecule has 0 unspecified atom stereocenters. The highest BCUT2D eigenvalue weighted by atomic mass is 35.5. The molecule has 108 valence electrons. The number of benzene rings is 1. The fraction of sp³-hybridized carbons (Fsp3) is 0.273. The van der Waals surface area contributed by atoms with Gasteiger partial charge in [0, 0.05) is 12.1 Å². The number of aryl methyl sites for hydroxylation is 1. The molecule has 0 bridgehead atoms. The van der Waals surface area contributed by atoms with Gasteiger partial charge in [-0.1, -0.05) is 17.7 Å². The first-order valence-electron chi connectivity index (χ1n) is 5.66. The van der Waals surface area contributed by atoms with E-state index in [9.17, 15) is 8.42 Å². The molecule has 0 saturated carbocycles. The molecule has 0 spiro atoms. The normalized spacial score (nSPS) is 11.8. The molecule has 1 heterocycles. The summed E-state index contributed by atoms with van der Waals surface area (Å²) >= 11 is 5.88. The van der Waals surface area contributed by atoms with Crippen LogP contribution >= 0.6 is 11.6 Å². The molecule has 0 atom stereocenters. The summed E-state index contributed by atoms with van der Waals surface area (Å²) in [6.45, 7) is -0.219. The lowest BCUT2D eigenvalue weighted by Crippen LogP contribution is -2.24. The van der Waals surface area contributed by atoms with E-state index in [-0.39, 0.29) is 23.1 Å². The van der Waals surface area contributed by atoms with Crippen molar-refractivity contribution in [3.63, 3.8) is 0 Å². The molecule has 1 aromatic carbocycles. The van der Waals surface area contributed by atoms with Crippen molar-refractivity contribution in [1.82, 2.24) is 19.5 Å². The molecule has 0 aliphatic heterocycles. The van der Waals surface area contributed by atoms with Crippen molar-refractivity contribution in [3.05, 3.63) is 40.9 Å². The van der Waals surface area contributed by atoms with Gasteiger partial charge in [0.1, 0.15) is 12.2 Å². The van der Waals surface area contributed by atoms with E-state index in [2.05, 4.69) is 14.9 Å². The Morgan fingerprint density at radius 2 is 2.20 bits per heavy atom. The van der Waals surface area contributed by atoms with E-state index in [1.54, 1.807) is 11.6 Å². The Kier molecular flexibility index (Phi) is 4.39. The highest BCUT2D eigenvalue weighted by Gasteiger charge is 2.16. The maximum Gasteiger partial charge on any atom is 0.241 e. The third-order valence-corrected chi connectivity index (χ3v) is 4.48. The fourth-order valence-corrected chi connectivity index (χ4v) is 2.84. The van der Waals surface area contributed by atoms with Gasteiger partial charge in [-0.05, 0) is 17.7 Å². The lowest BCUT2D eigenvalue weighted by molar-refractivity contribution is 0.282. The summed E-state index contributed by atoms with van der Waals surface area (Å²) in [6, 6.07) is 4.15. The minimum atomic E-state index is -3.70. The average Bonchev–Trinajstić information content (AvgIpc) is 2.82. The molecule has 0 radical (unpaired) electrons. The molecule has 0 saturated heterocycles. The Labute approximate surface area is 121 Å². The number of aromatic nitrogens is 3. The fourth-order valence-electron chi connectivity index (χ4n) is 1.53. The monoisotopic (exact) mass is 316 g/mol. The van der Waals surface area contributed by atoms with Crippen molar-refractivity contribution in [2.24, 2.45) is 7.05 Å². The van der Waals surface area contributed by atoms with Crippen LogP contribution in [0.2, 0.25) is 5.02 Å². The van der Waals surface area contributed by atoms with Crippen LogP contribution in [0.3, 0.4) is 0 Å². The van der Waals surface area contributed by atoms with Crippen LogP contribution in [0.1, 0.15) is 11.4 Å². The first kappa shape index (κ1) is 14.9. The summed E-state index contributed by atoms with van der Waals surface area (Å²) in [7, 11) is -1.98. The second-order valence-electron chi connectivity index (χ2n) is 4.09. The summed E-state index contributed by atoms with van der Waals surface area (Å²) in [6.07, 6.45) is 1.48. The number of hydrogen-bond acceptors (Lipinski definition) is 5. The molecule has 9 heteroatoms. The van der Waals surface area contributed by atoms with E-state index in [1.165, 1.54) is 24.5 Å². The van der Waals surface area contributed by atoms with Crippen LogP contribution in [0.4, 0.5) is 0 Å². The number of aliphatic hydroxyl groups is 1. The highest BCUT2D eigenvalue weighted by molar-refractivity contribution is 7.89.